The van der Waals surface area contributed by atoms with Crippen LogP contribution in [0.1, 0.15) is 26.7 Å². The largest absolute Gasteiger partial charge is 0.491 e. The van der Waals surface area contributed by atoms with Crippen molar-refractivity contribution in [1.29, 1.82) is 0 Å². The summed E-state index contributed by atoms with van der Waals surface area (Å²) in [5, 5.41) is 32.5. The number of benzene rings is 1. The second-order valence-corrected chi connectivity index (χ2v) is 4.11. The minimum Gasteiger partial charge on any atom is -0.491 e. The topological polar surface area (TPSA) is 134 Å². The van der Waals surface area contributed by atoms with Crippen molar-refractivity contribution in [3.63, 3.8) is 0 Å². The Morgan fingerprint density at radius 1 is 0.875 bits per heavy atom. The monoisotopic (exact) mass is 346 g/mol. The Labute approximate surface area is 141 Å². The Kier molecular flexibility index (Phi) is 17.0. The van der Waals surface area contributed by atoms with Crippen LogP contribution in [0.4, 0.5) is 0 Å². The molecule has 24 heavy (non-hydrogen) atoms. The van der Waals surface area contributed by atoms with Gasteiger partial charge in [0.1, 0.15) is 24.7 Å². The van der Waals surface area contributed by atoms with E-state index in [0.29, 0.717) is 11.5 Å². The Balaban J connectivity index is 0. The first-order valence-electron chi connectivity index (χ1n) is 7.42. The van der Waals surface area contributed by atoms with Gasteiger partial charge in [0.05, 0.1) is 13.2 Å². The molecule has 0 unspecified atom stereocenters. The van der Waals surface area contributed by atoms with Crippen LogP contribution in [-0.4, -0.2) is 58.8 Å². The number of rotatable bonds is 8. The summed E-state index contributed by atoms with van der Waals surface area (Å²) >= 11 is 0. The van der Waals surface area contributed by atoms with Crippen LogP contribution in [0.5, 0.6) is 11.5 Å². The third kappa shape index (κ3) is 17.7. The summed E-state index contributed by atoms with van der Waals surface area (Å²) in [6.45, 7) is 3.71. The molecule has 0 saturated carbocycles. The number of carboxylic acid groups (broad SMARTS) is 2. The first-order valence-corrected chi connectivity index (χ1v) is 7.42. The lowest BCUT2D eigenvalue weighted by atomic mass is 10.3. The van der Waals surface area contributed by atoms with Crippen LogP contribution in [0.2, 0.25) is 0 Å². The van der Waals surface area contributed by atoms with Crippen molar-refractivity contribution in [3.8, 4) is 11.5 Å². The highest BCUT2D eigenvalue weighted by molar-refractivity contribution is 5.66. The van der Waals surface area contributed by atoms with Crippen LogP contribution in [-0.2, 0) is 9.59 Å². The van der Waals surface area contributed by atoms with E-state index in [2.05, 4.69) is 0 Å². The van der Waals surface area contributed by atoms with Gasteiger partial charge in [-0.15, -0.1) is 0 Å². The maximum atomic E-state index is 9.37. The summed E-state index contributed by atoms with van der Waals surface area (Å²) in [4.78, 5) is 18.7. The van der Waals surface area contributed by atoms with Crippen molar-refractivity contribution in [2.45, 2.75) is 26.7 Å². The third-order valence-electron chi connectivity index (χ3n) is 2.13. The number of aliphatic hydroxyl groups excluding tert-OH is 2. The van der Waals surface area contributed by atoms with E-state index in [1.807, 2.05) is 0 Å². The van der Waals surface area contributed by atoms with Crippen LogP contribution < -0.4 is 9.47 Å². The van der Waals surface area contributed by atoms with Gasteiger partial charge >= 0.3 is 11.9 Å². The van der Waals surface area contributed by atoms with Crippen LogP contribution in [0.15, 0.2) is 24.3 Å². The van der Waals surface area contributed by atoms with E-state index in [1.165, 1.54) is 0 Å². The normalized spacial score (nSPS) is 8.83. The predicted octanol–water partition coefficient (Wildman–Crippen LogP) is 1.39. The van der Waals surface area contributed by atoms with Crippen LogP contribution in [0.3, 0.4) is 0 Å². The number of hydrogen-bond acceptors (Lipinski definition) is 6. The molecule has 0 radical (unpaired) electrons. The van der Waals surface area contributed by atoms with E-state index in [4.69, 9.17) is 29.9 Å². The Bertz CT molecular complexity index is 410. The molecule has 0 fully saturated rings. The van der Waals surface area contributed by atoms with Crippen LogP contribution in [0, 0.1) is 0 Å². The molecule has 0 spiro atoms. The number of aliphatic carboxylic acids is 2. The van der Waals surface area contributed by atoms with Gasteiger partial charge in [0.15, 0.2) is 0 Å². The zero-order chi connectivity index (χ0) is 18.8. The molecule has 0 aliphatic carbocycles. The van der Waals surface area contributed by atoms with Crippen molar-refractivity contribution in [2.75, 3.05) is 26.4 Å². The van der Waals surface area contributed by atoms with E-state index in [-0.39, 0.29) is 39.3 Å². The van der Waals surface area contributed by atoms with Crippen molar-refractivity contribution in [3.05, 3.63) is 24.3 Å². The first-order chi connectivity index (χ1) is 11.4. The summed E-state index contributed by atoms with van der Waals surface area (Å²) in [6, 6.07) is 7.06. The molecule has 1 aromatic carbocycles. The Morgan fingerprint density at radius 2 is 1.21 bits per heavy atom. The van der Waals surface area contributed by atoms with Crippen molar-refractivity contribution < 1.29 is 39.5 Å². The quantitative estimate of drug-likeness (QED) is 0.555. The van der Waals surface area contributed by atoms with Gasteiger partial charge in [0.25, 0.3) is 0 Å². The zero-order valence-corrected chi connectivity index (χ0v) is 14.0. The minimum atomic E-state index is -0.745. The maximum absolute atomic E-state index is 9.37. The van der Waals surface area contributed by atoms with Crippen molar-refractivity contribution in [1.82, 2.24) is 0 Å². The molecular formula is C16H26O8. The maximum Gasteiger partial charge on any atom is 0.303 e. The second-order valence-electron chi connectivity index (χ2n) is 4.11. The third-order valence-corrected chi connectivity index (χ3v) is 2.13. The molecule has 0 atom stereocenters. The molecule has 0 saturated heterocycles. The molecule has 0 bridgehead atoms. The average molecular weight is 346 g/mol. The van der Waals surface area contributed by atoms with Crippen LogP contribution >= 0.6 is 0 Å². The molecule has 8 heteroatoms. The van der Waals surface area contributed by atoms with Gasteiger partial charge in [-0.1, -0.05) is 19.9 Å². The fourth-order valence-corrected chi connectivity index (χ4v) is 0.981. The van der Waals surface area contributed by atoms with Crippen molar-refractivity contribution >= 4 is 11.9 Å². The highest BCUT2D eigenvalue weighted by Crippen LogP contribution is 2.18. The van der Waals surface area contributed by atoms with E-state index in [1.54, 1.807) is 38.1 Å². The van der Waals surface area contributed by atoms with E-state index < -0.39 is 11.9 Å². The zero-order valence-electron chi connectivity index (χ0n) is 14.0. The lowest BCUT2D eigenvalue weighted by Crippen LogP contribution is -2.03. The number of carboxylic acids is 2. The Morgan fingerprint density at radius 3 is 1.46 bits per heavy atom. The number of hydrogen-bond donors (Lipinski definition) is 4. The molecule has 0 heterocycles. The summed E-state index contributed by atoms with van der Waals surface area (Å²) in [5.74, 6) is -0.195. The molecule has 0 aliphatic rings. The van der Waals surface area contributed by atoms with Gasteiger partial charge in [-0.25, -0.2) is 0 Å². The van der Waals surface area contributed by atoms with Crippen molar-refractivity contribution in [2.24, 2.45) is 0 Å². The van der Waals surface area contributed by atoms with Gasteiger partial charge < -0.3 is 29.9 Å². The molecule has 4 N–H and O–H groups in total. The molecular weight excluding hydrogens is 320 g/mol. The van der Waals surface area contributed by atoms with Gasteiger partial charge in [-0.3, -0.25) is 9.59 Å². The summed E-state index contributed by atoms with van der Waals surface area (Å²) in [7, 11) is 0. The molecule has 1 aromatic rings. The average Bonchev–Trinajstić information content (AvgIpc) is 2.59. The molecule has 0 aromatic heterocycles. The van der Waals surface area contributed by atoms with Gasteiger partial charge in [-0.2, -0.15) is 0 Å². The van der Waals surface area contributed by atoms with Crippen LogP contribution in [0.25, 0.3) is 0 Å². The highest BCUT2D eigenvalue weighted by Gasteiger charge is 1.96. The van der Waals surface area contributed by atoms with Gasteiger partial charge in [0.2, 0.25) is 0 Å². The fraction of sp³-hybridized carbons (Fsp3) is 0.500. The molecule has 1 rings (SSSR count). The number of carbonyl (C=O) groups is 2. The molecule has 8 nitrogen and oxygen atoms in total. The molecule has 0 aliphatic heterocycles. The smallest absolute Gasteiger partial charge is 0.303 e. The highest BCUT2D eigenvalue weighted by atomic mass is 16.5. The number of ether oxygens (including phenoxy) is 2. The van der Waals surface area contributed by atoms with E-state index >= 15 is 0 Å². The van der Waals surface area contributed by atoms with Gasteiger partial charge in [-0.05, 0) is 12.1 Å². The second kappa shape index (κ2) is 17.0. The summed E-state index contributed by atoms with van der Waals surface area (Å²) in [5.41, 5.74) is 0. The predicted molar refractivity (Wildman–Crippen MR) is 87.5 cm³/mol. The number of aliphatic hydroxyl groups is 2. The lowest BCUT2D eigenvalue weighted by molar-refractivity contribution is -0.137. The standard InChI is InChI=1S/C10H14O4.2C3H6O2/c11-4-6-13-9-2-1-3-10(8-9)14-7-5-12;2*1-2-3(4)5/h1-3,8,11-12H,4-7H2;2*2H2,1H3,(H,4,5). The first kappa shape index (κ1) is 23.9. The van der Waals surface area contributed by atoms with E-state index in [9.17, 15) is 9.59 Å². The SMILES string of the molecule is CCC(=O)O.CCC(=O)O.OCCOc1cccc(OCCO)c1. The molecule has 0 amide bonds. The lowest BCUT2D eigenvalue weighted by Gasteiger charge is -2.07. The Hall–Kier alpha value is -2.32. The van der Waals surface area contributed by atoms with E-state index in [0.717, 1.165) is 0 Å². The summed E-state index contributed by atoms with van der Waals surface area (Å²) < 4.78 is 10.4. The molecule has 138 valence electrons. The van der Waals surface area contributed by atoms with Gasteiger partial charge in [0, 0.05) is 18.9 Å². The fourth-order valence-electron chi connectivity index (χ4n) is 0.981. The summed E-state index contributed by atoms with van der Waals surface area (Å²) in [6.07, 6.45) is 0.444. The minimum absolute atomic E-state index is 0.0122.